The highest BCUT2D eigenvalue weighted by atomic mass is 16.2. The lowest BCUT2D eigenvalue weighted by molar-refractivity contribution is -0.122. The van der Waals surface area contributed by atoms with E-state index in [1.165, 1.54) is 0 Å². The van der Waals surface area contributed by atoms with E-state index >= 15 is 0 Å². The first kappa shape index (κ1) is 13.9. The molecule has 2 amide bonds. The Morgan fingerprint density at radius 1 is 1.20 bits per heavy atom. The fourth-order valence-corrected chi connectivity index (χ4v) is 1.03. The Balaban J connectivity index is 3.44. The zero-order chi connectivity index (χ0) is 11.7. The van der Waals surface area contributed by atoms with E-state index in [4.69, 9.17) is 5.73 Å². The highest BCUT2D eigenvalue weighted by Gasteiger charge is 2.05. The first-order valence-corrected chi connectivity index (χ1v) is 5.35. The molecule has 0 bridgehead atoms. The molecule has 0 aromatic carbocycles. The summed E-state index contributed by atoms with van der Waals surface area (Å²) in [6.07, 6.45) is 1.55. The fourth-order valence-electron chi connectivity index (χ4n) is 1.03. The number of nitrogens with one attached hydrogen (secondary N) is 2. The minimum atomic E-state index is -0.140. The molecule has 0 aromatic heterocycles. The Hall–Kier alpha value is -1.10. The van der Waals surface area contributed by atoms with Crippen molar-refractivity contribution in [2.45, 2.75) is 39.2 Å². The Labute approximate surface area is 90.8 Å². The summed E-state index contributed by atoms with van der Waals surface area (Å²) in [5.74, 6) is -0.133. The van der Waals surface area contributed by atoms with Crippen molar-refractivity contribution in [3.8, 4) is 0 Å². The van der Waals surface area contributed by atoms with Gasteiger partial charge in [0, 0.05) is 32.0 Å². The molecule has 0 aliphatic carbocycles. The number of amides is 2. The molecule has 0 aromatic rings. The van der Waals surface area contributed by atoms with Gasteiger partial charge in [-0.25, -0.2) is 0 Å². The Morgan fingerprint density at radius 2 is 1.80 bits per heavy atom. The molecule has 5 nitrogen and oxygen atoms in total. The third-order valence-electron chi connectivity index (χ3n) is 1.75. The van der Waals surface area contributed by atoms with Crippen molar-refractivity contribution in [2.24, 2.45) is 5.73 Å². The lowest BCUT2D eigenvalue weighted by Crippen LogP contribution is -2.33. The van der Waals surface area contributed by atoms with E-state index in [0.29, 0.717) is 25.9 Å². The summed E-state index contributed by atoms with van der Waals surface area (Å²) in [6.45, 7) is 4.83. The van der Waals surface area contributed by atoms with E-state index in [1.54, 1.807) is 6.92 Å². The van der Waals surface area contributed by atoms with Crippen LogP contribution in [-0.2, 0) is 9.59 Å². The Kier molecular flexibility index (Phi) is 7.62. The molecule has 1 unspecified atom stereocenters. The van der Waals surface area contributed by atoms with Gasteiger partial charge in [0.15, 0.2) is 0 Å². The average Bonchev–Trinajstić information content (AvgIpc) is 2.13. The molecule has 0 saturated heterocycles. The minimum absolute atomic E-state index is 0.0297. The maximum atomic E-state index is 11.1. The smallest absolute Gasteiger partial charge is 0.221 e. The van der Waals surface area contributed by atoms with Crippen LogP contribution in [0.5, 0.6) is 0 Å². The van der Waals surface area contributed by atoms with Crippen molar-refractivity contribution >= 4 is 11.8 Å². The van der Waals surface area contributed by atoms with E-state index in [1.807, 2.05) is 6.92 Å². The van der Waals surface area contributed by atoms with Gasteiger partial charge in [-0.2, -0.15) is 0 Å². The van der Waals surface area contributed by atoms with Gasteiger partial charge in [-0.3, -0.25) is 9.59 Å². The fraction of sp³-hybridized carbons (Fsp3) is 0.800. The van der Waals surface area contributed by atoms with Crippen molar-refractivity contribution < 1.29 is 9.59 Å². The molecular weight excluding hydrogens is 194 g/mol. The largest absolute Gasteiger partial charge is 0.356 e. The molecule has 0 heterocycles. The third-order valence-corrected chi connectivity index (χ3v) is 1.75. The van der Waals surface area contributed by atoms with Crippen molar-refractivity contribution in [3.63, 3.8) is 0 Å². The van der Waals surface area contributed by atoms with Crippen molar-refractivity contribution in [1.29, 1.82) is 0 Å². The maximum absolute atomic E-state index is 11.1. The second-order valence-electron chi connectivity index (χ2n) is 3.63. The van der Waals surface area contributed by atoms with Crippen LogP contribution in [0.15, 0.2) is 0 Å². The monoisotopic (exact) mass is 215 g/mol. The van der Waals surface area contributed by atoms with Crippen LogP contribution in [0.3, 0.4) is 0 Å². The minimum Gasteiger partial charge on any atom is -0.356 e. The quantitative estimate of drug-likeness (QED) is 0.548. The second-order valence-corrected chi connectivity index (χ2v) is 3.63. The van der Waals surface area contributed by atoms with Crippen molar-refractivity contribution in [2.75, 3.05) is 13.1 Å². The van der Waals surface area contributed by atoms with Crippen LogP contribution in [0.25, 0.3) is 0 Å². The molecule has 0 fully saturated rings. The lowest BCUT2D eigenvalue weighted by atomic mass is 10.2. The van der Waals surface area contributed by atoms with Gasteiger partial charge >= 0.3 is 0 Å². The van der Waals surface area contributed by atoms with Crippen LogP contribution in [0.2, 0.25) is 0 Å². The van der Waals surface area contributed by atoms with Gasteiger partial charge in [-0.05, 0) is 13.3 Å². The van der Waals surface area contributed by atoms with Crippen LogP contribution < -0.4 is 16.4 Å². The van der Waals surface area contributed by atoms with E-state index in [9.17, 15) is 9.59 Å². The summed E-state index contributed by atoms with van der Waals surface area (Å²) in [5.41, 5.74) is 5.45. The summed E-state index contributed by atoms with van der Waals surface area (Å²) >= 11 is 0. The first-order chi connectivity index (χ1) is 7.06. The van der Waals surface area contributed by atoms with Gasteiger partial charge in [0.1, 0.15) is 0 Å². The Bertz CT molecular complexity index is 205. The topological polar surface area (TPSA) is 84.2 Å². The summed E-state index contributed by atoms with van der Waals surface area (Å²) in [4.78, 5) is 22.2. The van der Waals surface area contributed by atoms with Gasteiger partial charge in [0.05, 0.1) is 0 Å². The van der Waals surface area contributed by atoms with E-state index in [2.05, 4.69) is 10.6 Å². The maximum Gasteiger partial charge on any atom is 0.221 e. The molecule has 0 saturated carbocycles. The molecule has 15 heavy (non-hydrogen) atoms. The van der Waals surface area contributed by atoms with Crippen LogP contribution in [-0.4, -0.2) is 30.9 Å². The van der Waals surface area contributed by atoms with Gasteiger partial charge in [-0.15, -0.1) is 0 Å². The predicted molar refractivity (Wildman–Crippen MR) is 59.2 cm³/mol. The second kappa shape index (κ2) is 8.23. The van der Waals surface area contributed by atoms with Crippen LogP contribution >= 0.6 is 0 Å². The molecule has 88 valence electrons. The van der Waals surface area contributed by atoms with Crippen LogP contribution in [0.1, 0.15) is 33.1 Å². The van der Waals surface area contributed by atoms with Crippen LogP contribution in [0.4, 0.5) is 0 Å². The summed E-state index contributed by atoms with van der Waals surface area (Å²) in [5, 5.41) is 5.37. The zero-order valence-electron chi connectivity index (χ0n) is 9.51. The summed E-state index contributed by atoms with van der Waals surface area (Å²) in [6, 6.07) is -0.140. The highest BCUT2D eigenvalue weighted by molar-refractivity contribution is 5.79. The molecule has 5 heteroatoms. The number of carbonyl (C=O) groups excluding carboxylic acids is 2. The number of nitrogens with two attached hydrogens (primary N) is 1. The highest BCUT2D eigenvalue weighted by Crippen LogP contribution is 1.86. The first-order valence-electron chi connectivity index (χ1n) is 5.35. The van der Waals surface area contributed by atoms with Gasteiger partial charge in [-0.1, -0.05) is 6.92 Å². The standard InChI is InChI=1S/C10H21N3O2/c1-3-5-12-9(14)4-6-13-10(15)7-8(2)11/h8H,3-7,11H2,1-2H3,(H,12,14)(H,13,15). The molecule has 0 aliphatic heterocycles. The number of hydrogen-bond donors (Lipinski definition) is 3. The number of hydrogen-bond acceptors (Lipinski definition) is 3. The molecule has 0 aliphatic rings. The van der Waals surface area contributed by atoms with Crippen molar-refractivity contribution in [1.82, 2.24) is 10.6 Å². The zero-order valence-corrected chi connectivity index (χ0v) is 9.51. The summed E-state index contributed by atoms with van der Waals surface area (Å²) in [7, 11) is 0. The third kappa shape index (κ3) is 9.21. The SMILES string of the molecule is CCCNC(=O)CCNC(=O)CC(C)N. The van der Waals surface area contributed by atoms with E-state index in [0.717, 1.165) is 6.42 Å². The van der Waals surface area contributed by atoms with Crippen LogP contribution in [0, 0.1) is 0 Å². The Morgan fingerprint density at radius 3 is 2.33 bits per heavy atom. The number of carbonyl (C=O) groups is 2. The summed E-state index contributed by atoms with van der Waals surface area (Å²) < 4.78 is 0. The van der Waals surface area contributed by atoms with E-state index in [-0.39, 0.29) is 17.9 Å². The predicted octanol–water partition coefficient (Wildman–Crippen LogP) is -0.244. The molecule has 4 N–H and O–H groups in total. The normalized spacial score (nSPS) is 11.9. The molecule has 0 rings (SSSR count). The van der Waals surface area contributed by atoms with Gasteiger partial charge in [0.2, 0.25) is 11.8 Å². The lowest BCUT2D eigenvalue weighted by Gasteiger charge is -2.07. The molecular formula is C10H21N3O2. The van der Waals surface area contributed by atoms with Gasteiger partial charge < -0.3 is 16.4 Å². The molecule has 1 atom stereocenters. The average molecular weight is 215 g/mol. The van der Waals surface area contributed by atoms with E-state index < -0.39 is 0 Å². The number of rotatable bonds is 7. The van der Waals surface area contributed by atoms with Crippen molar-refractivity contribution in [3.05, 3.63) is 0 Å². The molecule has 0 spiro atoms. The van der Waals surface area contributed by atoms with Gasteiger partial charge in [0.25, 0.3) is 0 Å². The molecule has 0 radical (unpaired) electrons.